The first-order valence-corrected chi connectivity index (χ1v) is 3.66. The van der Waals surface area contributed by atoms with E-state index in [1.54, 1.807) is 0 Å². The molecule has 0 aromatic carbocycles. The number of hydrogen-bond acceptors (Lipinski definition) is 1. The number of hydrogen-bond donors (Lipinski definition) is 0. The molecule has 0 aliphatic rings. The Bertz CT molecular complexity index is 122. The maximum absolute atomic E-state index is 11.4. The van der Waals surface area contributed by atoms with Gasteiger partial charge in [-0.05, 0) is 28.9 Å². The van der Waals surface area contributed by atoms with Crippen LogP contribution in [0.3, 0.4) is 0 Å². The average Bonchev–Trinajstić information content (AvgIpc) is 1.88. The van der Waals surface area contributed by atoms with Gasteiger partial charge in [-0.25, -0.2) is 0 Å². The first-order chi connectivity index (χ1) is 4.83. The van der Waals surface area contributed by atoms with Crippen LogP contribution in [0.15, 0.2) is 12.2 Å². The molecule has 0 aromatic rings. The van der Waals surface area contributed by atoms with E-state index in [0.29, 0.717) is 0 Å². The molecule has 0 amide bonds. The van der Waals surface area contributed by atoms with Crippen LogP contribution in [-0.4, -0.2) is 10.3 Å². The number of halogens is 5. The fraction of sp³-hybridized carbons (Fsp3) is 0.667. The number of alkyl halides is 3. The fourth-order valence-corrected chi connectivity index (χ4v) is 0. The van der Waals surface area contributed by atoms with Crippen molar-refractivity contribution in [3.8, 4) is 0 Å². The molecule has 0 saturated carbocycles. The first-order valence-electron chi connectivity index (χ1n) is 2.87. The molecule has 13 heavy (non-hydrogen) atoms. The Morgan fingerprint density at radius 2 is 1.54 bits per heavy atom. The molecule has 1 N–H and O–H groups in total. The smallest absolute Gasteiger partial charge is 0.870 e. The third-order valence-corrected chi connectivity index (χ3v) is 1.18. The summed E-state index contributed by atoms with van der Waals surface area (Å²) in [6, 6.07) is 0. The second-order valence-corrected chi connectivity index (χ2v) is 2.71. The van der Waals surface area contributed by atoms with Gasteiger partial charge in [-0.1, -0.05) is 6.92 Å². The summed E-state index contributed by atoms with van der Waals surface area (Å²) in [6.45, 7) is 2.70. The third kappa shape index (κ3) is 42.2. The fourth-order valence-electron chi connectivity index (χ4n) is 0. The molecule has 1 nitrogen and oxygen atoms in total. The molecule has 0 atom stereocenters. The largest absolute Gasteiger partial charge is 1.00 e. The molecule has 7 heteroatoms. The Balaban J connectivity index is -0.0000000546. The van der Waals surface area contributed by atoms with Gasteiger partial charge in [0.05, 0.1) is 0 Å². The zero-order chi connectivity index (χ0) is 9.49. The van der Waals surface area contributed by atoms with Crippen molar-refractivity contribution in [2.45, 2.75) is 25.1 Å². The van der Waals surface area contributed by atoms with Crippen molar-refractivity contribution in [2.24, 2.45) is 0 Å². The van der Waals surface area contributed by atoms with E-state index in [-0.39, 0.29) is 63.3 Å². The Hall–Kier alpha value is 1.54. The van der Waals surface area contributed by atoms with Crippen LogP contribution in [-0.2, 0) is 0 Å². The van der Waals surface area contributed by atoms with Crippen LogP contribution >= 0.6 is 15.9 Å². The number of allylic oxidation sites excluding steroid dienone is 1. The van der Waals surface area contributed by atoms with E-state index >= 15 is 0 Å². The SMILES string of the molecule is CC=C(F)F.CCC(F)(F)Br.[K+].[OH-]. The minimum atomic E-state index is -2.65. The van der Waals surface area contributed by atoms with Gasteiger partial charge in [0.2, 0.25) is 0 Å². The molecular formula is C6H10BrF4KO. The van der Waals surface area contributed by atoms with E-state index in [1.165, 1.54) is 13.8 Å². The van der Waals surface area contributed by atoms with Gasteiger partial charge in [0.15, 0.2) is 0 Å². The average molecular weight is 293 g/mol. The van der Waals surface area contributed by atoms with Crippen molar-refractivity contribution >= 4 is 15.9 Å². The van der Waals surface area contributed by atoms with Crippen molar-refractivity contribution in [3.63, 3.8) is 0 Å². The second kappa shape index (κ2) is 13.5. The van der Waals surface area contributed by atoms with Crippen molar-refractivity contribution in [1.29, 1.82) is 0 Å². The predicted octanol–water partition coefficient (Wildman–Crippen LogP) is 0.998. The van der Waals surface area contributed by atoms with Crippen LogP contribution in [0.5, 0.6) is 0 Å². The maximum atomic E-state index is 11.4. The molecule has 0 aliphatic carbocycles. The van der Waals surface area contributed by atoms with Gasteiger partial charge in [0.1, 0.15) is 0 Å². The molecule has 0 heterocycles. The van der Waals surface area contributed by atoms with Crippen molar-refractivity contribution in [3.05, 3.63) is 12.2 Å². The Morgan fingerprint density at radius 1 is 1.38 bits per heavy atom. The van der Waals surface area contributed by atoms with Crippen molar-refractivity contribution in [2.75, 3.05) is 0 Å². The van der Waals surface area contributed by atoms with E-state index in [9.17, 15) is 17.6 Å². The molecule has 0 aromatic heterocycles. The summed E-state index contributed by atoms with van der Waals surface area (Å²) >= 11 is 2.14. The Morgan fingerprint density at radius 3 is 1.54 bits per heavy atom. The van der Waals surface area contributed by atoms with Gasteiger partial charge in [-0.2, -0.15) is 17.6 Å². The summed E-state index contributed by atoms with van der Waals surface area (Å²) in [6.07, 6.45) is -1.02. The van der Waals surface area contributed by atoms with Crippen LogP contribution in [0.4, 0.5) is 17.6 Å². The topological polar surface area (TPSA) is 30.0 Å². The molecule has 0 spiro atoms. The molecule has 0 aliphatic heterocycles. The van der Waals surface area contributed by atoms with Crippen molar-refractivity contribution in [1.82, 2.24) is 0 Å². The third-order valence-electron chi connectivity index (χ3n) is 0.619. The quantitative estimate of drug-likeness (QED) is 0.403. The summed E-state index contributed by atoms with van der Waals surface area (Å²) < 4.78 is 44.0. The van der Waals surface area contributed by atoms with Gasteiger partial charge >= 0.3 is 56.2 Å². The van der Waals surface area contributed by atoms with Crippen LogP contribution in [0.25, 0.3) is 0 Å². The maximum Gasteiger partial charge on any atom is 1.00 e. The second-order valence-electron chi connectivity index (χ2n) is 1.55. The summed E-state index contributed by atoms with van der Waals surface area (Å²) in [4.78, 5) is -2.65. The molecule has 0 saturated heterocycles. The van der Waals surface area contributed by atoms with Crippen LogP contribution < -0.4 is 51.4 Å². The monoisotopic (exact) mass is 292 g/mol. The van der Waals surface area contributed by atoms with E-state index in [2.05, 4.69) is 15.9 Å². The van der Waals surface area contributed by atoms with E-state index < -0.39 is 10.9 Å². The molecule has 0 radical (unpaired) electrons. The van der Waals surface area contributed by atoms with Crippen LogP contribution in [0, 0.1) is 0 Å². The molecule has 0 bridgehead atoms. The first kappa shape index (κ1) is 24.0. The summed E-state index contributed by atoms with van der Waals surface area (Å²) in [7, 11) is 0. The van der Waals surface area contributed by atoms with Gasteiger partial charge in [-0.15, -0.1) is 0 Å². The van der Waals surface area contributed by atoms with Gasteiger partial charge in [0, 0.05) is 6.42 Å². The normalized spacial score (nSPS) is 8.23. The van der Waals surface area contributed by atoms with Gasteiger partial charge < -0.3 is 5.48 Å². The van der Waals surface area contributed by atoms with Crippen molar-refractivity contribution < 1.29 is 74.4 Å². The zero-order valence-electron chi connectivity index (χ0n) is 7.62. The molecule has 0 unspecified atom stereocenters. The summed E-state index contributed by atoms with van der Waals surface area (Å²) in [5, 5.41) is 0. The van der Waals surface area contributed by atoms with E-state index in [4.69, 9.17) is 0 Å². The predicted molar refractivity (Wildman–Crippen MR) is 42.1 cm³/mol. The standard InChI is InChI=1S/C3H5BrF2.C3H4F2.K.H2O/c1-2-3(4,5)6;1-2-3(4)5;;/h2H2,1H3;2H,1H3;;1H2/q;;+1;/p-1. The Kier molecular flexibility index (Phi) is 25.0. The zero-order valence-corrected chi connectivity index (χ0v) is 12.3. The minimum absolute atomic E-state index is 0. The van der Waals surface area contributed by atoms with Gasteiger partial charge in [-0.3, -0.25) is 0 Å². The molecule has 0 fully saturated rings. The van der Waals surface area contributed by atoms with E-state index in [0.717, 1.165) is 6.08 Å². The Labute approximate surface area is 126 Å². The van der Waals surface area contributed by atoms with Crippen LogP contribution in [0.2, 0.25) is 0 Å². The summed E-state index contributed by atoms with van der Waals surface area (Å²) in [5.74, 6) is 0. The number of rotatable bonds is 1. The minimum Gasteiger partial charge on any atom is -0.870 e. The van der Waals surface area contributed by atoms with Gasteiger partial charge in [0.25, 0.3) is 6.08 Å². The summed E-state index contributed by atoms with van der Waals surface area (Å²) in [5.41, 5.74) is 0. The molecule has 0 rings (SSSR count). The molecular weight excluding hydrogens is 283 g/mol. The van der Waals surface area contributed by atoms with Crippen LogP contribution in [0.1, 0.15) is 20.3 Å². The van der Waals surface area contributed by atoms with E-state index in [1.807, 2.05) is 0 Å². The molecule has 76 valence electrons.